The molecule has 344 valence electrons. The number of carbonyl (C=O) groups is 8. The van der Waals surface area contributed by atoms with Crippen molar-refractivity contribution in [3.63, 3.8) is 0 Å². The van der Waals surface area contributed by atoms with Gasteiger partial charge in [0, 0.05) is 96.9 Å². The Kier molecular flexibility index (Phi) is 16.0. The highest BCUT2D eigenvalue weighted by atomic mass is 16.4. The van der Waals surface area contributed by atoms with E-state index in [2.05, 4.69) is 19.9 Å². The first kappa shape index (κ1) is 47.9. The van der Waals surface area contributed by atoms with Crippen molar-refractivity contribution in [3.05, 3.63) is 90.1 Å². The first-order valence-corrected chi connectivity index (χ1v) is 20.9. The predicted molar refractivity (Wildman–Crippen MR) is 222 cm³/mol. The third kappa shape index (κ3) is 12.5. The Balaban J connectivity index is 1.87. The molecule has 5 rings (SSSR count). The van der Waals surface area contributed by atoms with Crippen molar-refractivity contribution >= 4 is 47.8 Å². The van der Waals surface area contributed by atoms with E-state index in [1.165, 1.54) is 0 Å². The Morgan fingerprint density at radius 3 is 0.609 bits per heavy atom. The van der Waals surface area contributed by atoms with Crippen molar-refractivity contribution in [1.82, 2.24) is 19.9 Å². The average molecular weight is 893 g/mol. The number of hydrogen-bond donors (Lipinski definition) is 12. The molecule has 0 unspecified atom stereocenters. The van der Waals surface area contributed by atoms with Gasteiger partial charge in [0.05, 0.1) is 25.7 Å². The first-order chi connectivity index (χ1) is 30.3. The summed E-state index contributed by atoms with van der Waals surface area (Å²) in [5, 5.41) is 78.8. The fourth-order valence-corrected chi connectivity index (χ4v) is 9.03. The van der Waals surface area contributed by atoms with Gasteiger partial charge in [0.25, 0.3) is 0 Å². The molecule has 1 aliphatic rings. The maximum atomic E-state index is 12.5. The molecule has 5 heterocycles. The monoisotopic (exact) mass is 892 g/mol. The Morgan fingerprint density at radius 2 is 0.453 bits per heavy atom. The maximum absolute atomic E-state index is 12.5. The molecule has 0 fully saturated rings. The average Bonchev–Trinajstić information content (AvgIpc) is 3.86. The minimum atomic E-state index is -1.21. The number of rotatable bonds is 24. The smallest absolute Gasteiger partial charge is 0.307 e. The van der Waals surface area contributed by atoms with E-state index in [1.807, 2.05) is 0 Å². The third-order valence-electron chi connectivity index (χ3n) is 11.6. The zero-order chi connectivity index (χ0) is 46.8. The summed E-state index contributed by atoms with van der Waals surface area (Å²) < 4.78 is 0. The summed E-state index contributed by atoms with van der Waals surface area (Å²) in [5.41, 5.74) is 6.63. The van der Waals surface area contributed by atoms with Crippen molar-refractivity contribution in [2.24, 2.45) is 0 Å². The topological polar surface area (TPSA) is 362 Å². The van der Waals surface area contributed by atoms with Crippen LogP contribution in [0.5, 0.6) is 0 Å². The van der Waals surface area contributed by atoms with E-state index in [1.54, 1.807) is 0 Å². The van der Waals surface area contributed by atoms with Gasteiger partial charge >= 0.3 is 47.8 Å². The number of aromatic nitrogens is 4. The third-order valence-corrected chi connectivity index (χ3v) is 11.6. The molecule has 8 bridgehead atoms. The summed E-state index contributed by atoms with van der Waals surface area (Å²) in [6.45, 7) is 0. The highest BCUT2D eigenvalue weighted by Crippen LogP contribution is 2.35. The zero-order valence-electron chi connectivity index (χ0n) is 35.0. The molecule has 1 aliphatic heterocycles. The van der Waals surface area contributed by atoms with Crippen LogP contribution in [0.3, 0.4) is 0 Å². The van der Waals surface area contributed by atoms with Crippen LogP contribution in [0, 0.1) is 0 Å². The van der Waals surface area contributed by atoms with Crippen molar-refractivity contribution in [1.29, 1.82) is 0 Å². The molecular formula is C44H52N4O16. The number of fused-ring (bicyclic) bond motifs is 8. The van der Waals surface area contributed by atoms with Crippen molar-refractivity contribution < 1.29 is 79.2 Å². The lowest BCUT2D eigenvalue weighted by Gasteiger charge is -2.10. The van der Waals surface area contributed by atoms with Gasteiger partial charge < -0.3 is 60.8 Å². The molecule has 20 heteroatoms. The van der Waals surface area contributed by atoms with Crippen LogP contribution in [-0.2, 0) is 115 Å². The minimum Gasteiger partial charge on any atom is -0.481 e. The number of aromatic amines is 4. The van der Waals surface area contributed by atoms with E-state index >= 15 is 0 Å². The van der Waals surface area contributed by atoms with E-state index in [-0.39, 0.29) is 103 Å². The maximum Gasteiger partial charge on any atom is 0.307 e. The van der Waals surface area contributed by atoms with Crippen LogP contribution in [-0.4, -0.2) is 109 Å². The zero-order valence-corrected chi connectivity index (χ0v) is 35.0. The molecule has 0 atom stereocenters. The standard InChI is InChI=1S/C44H52N4O16/c49-37(50)9-1-5-21-25(13-41(57)58)33-18-31-23(7-3-11-39(53)54)26(14-42(59)60)34(47-31)19-32-24(8-4-12-40(55)56)28(16-44(63)64)36(48-32)20-35-27(15-43(61)62)22(6-2-10-38(51)52)30(46-35)17-29(21)45-33/h45-48H,1-20H2,(H,49,50)(H,51,52)(H,53,54)(H,55,56)(H,57,58)(H,59,60)(H,61,62)(H,63,64). The quantitative estimate of drug-likeness (QED) is 0.0419. The fraction of sp³-hybridized carbons (Fsp3) is 0.455. The molecule has 20 nitrogen and oxygen atoms in total. The molecule has 64 heavy (non-hydrogen) atoms. The Morgan fingerprint density at radius 1 is 0.281 bits per heavy atom. The van der Waals surface area contributed by atoms with E-state index in [0.717, 1.165) is 0 Å². The molecule has 0 aromatic carbocycles. The van der Waals surface area contributed by atoms with Crippen LogP contribution >= 0.6 is 0 Å². The molecule has 0 saturated heterocycles. The SMILES string of the molecule is O=C(O)CCCc1c2[nH]c(c1CC(=O)O)Cc1[nH]c(c(CC(=O)O)c1CCCC(=O)O)Cc1[nH]c(c(CC(=O)O)c1CCCC(=O)O)Cc1[nH]c(c(CCCC(=O)O)c1CC(=O)O)C2. The molecule has 0 radical (unpaired) electrons. The minimum absolute atomic E-state index is 0.00580. The van der Waals surface area contributed by atoms with Crippen molar-refractivity contribution in [3.8, 4) is 0 Å². The van der Waals surface area contributed by atoms with Gasteiger partial charge in [-0.25, -0.2) is 0 Å². The van der Waals surface area contributed by atoms with Gasteiger partial charge in [-0.15, -0.1) is 0 Å². The van der Waals surface area contributed by atoms with E-state index in [0.29, 0.717) is 90.1 Å². The van der Waals surface area contributed by atoms with Crippen LogP contribution in [0.1, 0.15) is 141 Å². The number of carboxylic acid groups (broad SMARTS) is 8. The number of nitrogens with one attached hydrogen (secondary N) is 4. The lowest BCUT2D eigenvalue weighted by atomic mass is 9.92. The van der Waals surface area contributed by atoms with Crippen LogP contribution in [0.15, 0.2) is 0 Å². The molecule has 0 spiro atoms. The van der Waals surface area contributed by atoms with Gasteiger partial charge in [0.2, 0.25) is 0 Å². The van der Waals surface area contributed by atoms with Gasteiger partial charge in [0.1, 0.15) is 0 Å². The van der Waals surface area contributed by atoms with Crippen molar-refractivity contribution in [2.75, 3.05) is 0 Å². The fourth-order valence-electron chi connectivity index (χ4n) is 9.03. The number of hydrogen-bond acceptors (Lipinski definition) is 8. The Labute approximate surface area is 364 Å². The summed E-state index contributed by atoms with van der Waals surface area (Å²) >= 11 is 0. The summed E-state index contributed by atoms with van der Waals surface area (Å²) in [5.74, 6) is -9.16. The highest BCUT2D eigenvalue weighted by Gasteiger charge is 2.30. The number of H-pyrrole nitrogens is 4. The predicted octanol–water partition coefficient (Wildman–Crippen LogP) is 3.81. The molecule has 12 N–H and O–H groups in total. The molecule has 4 aromatic rings. The second kappa shape index (κ2) is 21.3. The lowest BCUT2D eigenvalue weighted by Crippen LogP contribution is -2.09. The summed E-state index contributed by atoms with van der Waals surface area (Å²) in [6.07, 6.45) is -2.36. The molecule has 0 amide bonds. The van der Waals surface area contributed by atoms with Gasteiger partial charge in [-0.1, -0.05) is 0 Å². The van der Waals surface area contributed by atoms with Gasteiger partial charge in [0.15, 0.2) is 0 Å². The van der Waals surface area contributed by atoms with Crippen LogP contribution in [0.2, 0.25) is 0 Å². The summed E-state index contributed by atoms with van der Waals surface area (Å²) in [7, 11) is 0. The van der Waals surface area contributed by atoms with Crippen LogP contribution < -0.4 is 0 Å². The van der Waals surface area contributed by atoms with Gasteiger partial charge in [-0.2, -0.15) is 0 Å². The Hall–Kier alpha value is -7.12. The second-order valence-corrected chi connectivity index (χ2v) is 16.1. The van der Waals surface area contributed by atoms with Gasteiger partial charge in [-0.3, -0.25) is 38.4 Å². The number of aliphatic carboxylic acids is 8. The first-order valence-electron chi connectivity index (χ1n) is 20.9. The molecule has 0 aliphatic carbocycles. The van der Waals surface area contributed by atoms with Crippen LogP contribution in [0.4, 0.5) is 0 Å². The second-order valence-electron chi connectivity index (χ2n) is 16.1. The molecule has 0 saturated carbocycles. The molecular weight excluding hydrogens is 840 g/mol. The van der Waals surface area contributed by atoms with Gasteiger partial charge in [-0.05, 0) is 95.9 Å². The van der Waals surface area contributed by atoms with Crippen molar-refractivity contribution in [2.45, 2.75) is 128 Å². The number of carboxylic acids is 8. The van der Waals surface area contributed by atoms with E-state index in [9.17, 15) is 79.2 Å². The highest BCUT2D eigenvalue weighted by molar-refractivity contribution is 5.75. The van der Waals surface area contributed by atoms with Crippen LogP contribution in [0.25, 0.3) is 0 Å². The largest absolute Gasteiger partial charge is 0.481 e. The summed E-state index contributed by atoms with van der Waals surface area (Å²) in [6, 6.07) is 0. The van der Waals surface area contributed by atoms with E-state index in [4.69, 9.17) is 0 Å². The lowest BCUT2D eigenvalue weighted by molar-refractivity contribution is -0.138. The molecule has 4 aromatic heterocycles. The normalized spacial score (nSPS) is 12.2. The summed E-state index contributed by atoms with van der Waals surface area (Å²) in [4.78, 5) is 110. The Bertz CT molecular complexity index is 2460. The van der Waals surface area contributed by atoms with E-state index < -0.39 is 73.4 Å².